The van der Waals surface area contributed by atoms with E-state index >= 15 is 0 Å². The molecule has 0 spiro atoms. The molecule has 1 saturated carbocycles. The Hall–Kier alpha value is -0.490. The number of carbonyl (C=O) groups is 1. The van der Waals surface area contributed by atoms with Crippen LogP contribution in [0, 0.1) is 5.92 Å². The molecule has 7 heteroatoms. The van der Waals surface area contributed by atoms with Crippen LogP contribution in [0.25, 0.3) is 0 Å². The summed E-state index contributed by atoms with van der Waals surface area (Å²) in [5.41, 5.74) is 5.39. The molecule has 1 rings (SSSR count). The average Bonchev–Trinajstić information content (AvgIpc) is 1.93. The van der Waals surface area contributed by atoms with Crippen molar-refractivity contribution in [3.8, 4) is 0 Å². The highest BCUT2D eigenvalue weighted by molar-refractivity contribution is 5.85. The molecule has 1 aliphatic rings. The Bertz CT molecular complexity index is 204. The monoisotopic (exact) mass is 232 g/mol. The third-order valence-electron chi connectivity index (χ3n) is 2.01. The van der Waals surface area contributed by atoms with Gasteiger partial charge in [0.1, 0.15) is 6.54 Å². The van der Waals surface area contributed by atoms with Crippen molar-refractivity contribution in [3.05, 3.63) is 0 Å². The molecule has 3 nitrogen and oxygen atoms in total. The van der Waals surface area contributed by atoms with Crippen LogP contribution >= 0.6 is 12.4 Å². The molecule has 0 heterocycles. The first-order chi connectivity index (χ1) is 5.88. The molecular formula is C7H12ClF3N2O. The van der Waals surface area contributed by atoms with Gasteiger partial charge in [0.25, 0.3) is 0 Å². The molecule has 0 atom stereocenters. The SMILES string of the molecule is Cl.NC1CC(C(=O)NCC(F)(F)F)C1. The molecule has 0 aromatic heterocycles. The Balaban J connectivity index is 0.00000169. The Kier molecular flexibility index (Phi) is 4.67. The van der Waals surface area contributed by atoms with Crippen molar-refractivity contribution in [2.45, 2.75) is 25.1 Å². The summed E-state index contributed by atoms with van der Waals surface area (Å²) in [7, 11) is 0. The number of rotatable bonds is 2. The van der Waals surface area contributed by atoms with Crippen LogP contribution in [-0.4, -0.2) is 24.7 Å². The molecule has 0 unspecified atom stereocenters. The van der Waals surface area contributed by atoms with Crippen LogP contribution in [0.2, 0.25) is 0 Å². The van der Waals surface area contributed by atoms with E-state index in [4.69, 9.17) is 5.73 Å². The maximum atomic E-state index is 11.6. The number of nitrogens with two attached hydrogens (primary N) is 1. The molecule has 0 radical (unpaired) electrons. The summed E-state index contributed by atoms with van der Waals surface area (Å²) < 4.78 is 34.9. The van der Waals surface area contributed by atoms with E-state index in [1.54, 1.807) is 0 Å². The molecule has 0 aromatic carbocycles. The number of halogens is 4. The predicted octanol–water partition coefficient (Wildman–Crippen LogP) is 0.824. The first-order valence-electron chi connectivity index (χ1n) is 3.98. The van der Waals surface area contributed by atoms with Gasteiger partial charge in [-0.1, -0.05) is 0 Å². The lowest BCUT2D eigenvalue weighted by molar-refractivity contribution is -0.142. The maximum absolute atomic E-state index is 11.6. The normalized spacial score (nSPS) is 26.0. The number of alkyl halides is 3. The van der Waals surface area contributed by atoms with Gasteiger partial charge in [0, 0.05) is 12.0 Å². The third kappa shape index (κ3) is 4.15. The van der Waals surface area contributed by atoms with E-state index < -0.39 is 18.6 Å². The number of hydrogen-bond acceptors (Lipinski definition) is 2. The fourth-order valence-electron chi connectivity index (χ4n) is 1.21. The largest absolute Gasteiger partial charge is 0.405 e. The van der Waals surface area contributed by atoms with E-state index in [1.807, 2.05) is 5.32 Å². The van der Waals surface area contributed by atoms with Gasteiger partial charge in [-0.25, -0.2) is 0 Å². The number of carbonyl (C=O) groups excluding carboxylic acids is 1. The molecule has 0 bridgehead atoms. The summed E-state index contributed by atoms with van der Waals surface area (Å²) in [6.45, 7) is -1.25. The van der Waals surface area contributed by atoms with Crippen molar-refractivity contribution < 1.29 is 18.0 Å². The first kappa shape index (κ1) is 13.5. The lowest BCUT2D eigenvalue weighted by Gasteiger charge is -2.31. The summed E-state index contributed by atoms with van der Waals surface area (Å²) in [6, 6.07) is -0.0263. The predicted molar refractivity (Wildman–Crippen MR) is 47.0 cm³/mol. The summed E-state index contributed by atoms with van der Waals surface area (Å²) in [5.74, 6) is -0.864. The Morgan fingerprint density at radius 2 is 1.93 bits per heavy atom. The van der Waals surface area contributed by atoms with Crippen LogP contribution in [0.1, 0.15) is 12.8 Å². The van der Waals surface area contributed by atoms with Gasteiger partial charge >= 0.3 is 6.18 Å². The van der Waals surface area contributed by atoms with E-state index in [1.165, 1.54) is 0 Å². The van der Waals surface area contributed by atoms with E-state index in [0.29, 0.717) is 12.8 Å². The van der Waals surface area contributed by atoms with Crippen LogP contribution in [0.15, 0.2) is 0 Å². The summed E-state index contributed by atoms with van der Waals surface area (Å²) in [4.78, 5) is 11.0. The van der Waals surface area contributed by atoms with Gasteiger partial charge < -0.3 is 11.1 Å². The molecule has 0 aliphatic heterocycles. The highest BCUT2D eigenvalue weighted by Crippen LogP contribution is 2.25. The van der Waals surface area contributed by atoms with Gasteiger partial charge in [-0.15, -0.1) is 12.4 Å². The van der Waals surface area contributed by atoms with Gasteiger partial charge in [-0.3, -0.25) is 4.79 Å². The van der Waals surface area contributed by atoms with Crippen LogP contribution in [0.5, 0.6) is 0 Å². The van der Waals surface area contributed by atoms with Crippen molar-refractivity contribution >= 4 is 18.3 Å². The zero-order valence-electron chi connectivity index (χ0n) is 7.30. The smallest absolute Gasteiger partial charge is 0.347 e. The molecule has 1 aliphatic carbocycles. The van der Waals surface area contributed by atoms with Crippen molar-refractivity contribution in [2.24, 2.45) is 11.7 Å². The van der Waals surface area contributed by atoms with E-state index in [0.717, 1.165) is 0 Å². The highest BCUT2D eigenvalue weighted by atomic mass is 35.5. The first-order valence-corrected chi connectivity index (χ1v) is 3.98. The van der Waals surface area contributed by atoms with Crippen LogP contribution < -0.4 is 11.1 Å². The molecule has 84 valence electrons. The molecule has 0 aromatic rings. The average molecular weight is 233 g/mol. The molecule has 1 amide bonds. The molecular weight excluding hydrogens is 221 g/mol. The number of hydrogen-bond donors (Lipinski definition) is 2. The Labute approximate surface area is 85.6 Å². The zero-order valence-corrected chi connectivity index (χ0v) is 8.12. The van der Waals surface area contributed by atoms with Crippen LogP contribution in [0.4, 0.5) is 13.2 Å². The molecule has 3 N–H and O–H groups in total. The molecule has 14 heavy (non-hydrogen) atoms. The van der Waals surface area contributed by atoms with Gasteiger partial charge in [-0.2, -0.15) is 13.2 Å². The van der Waals surface area contributed by atoms with Crippen molar-refractivity contribution in [1.82, 2.24) is 5.32 Å². The van der Waals surface area contributed by atoms with Crippen molar-refractivity contribution in [3.63, 3.8) is 0 Å². The quantitative estimate of drug-likeness (QED) is 0.741. The fourth-order valence-corrected chi connectivity index (χ4v) is 1.21. The van der Waals surface area contributed by atoms with Gasteiger partial charge in [0.15, 0.2) is 0 Å². The second kappa shape index (κ2) is 4.84. The van der Waals surface area contributed by atoms with Crippen LogP contribution in [0.3, 0.4) is 0 Å². The van der Waals surface area contributed by atoms with Gasteiger partial charge in [0.05, 0.1) is 0 Å². The van der Waals surface area contributed by atoms with E-state index in [9.17, 15) is 18.0 Å². The summed E-state index contributed by atoms with van der Waals surface area (Å²) in [5, 5.41) is 1.83. The van der Waals surface area contributed by atoms with Gasteiger partial charge in [-0.05, 0) is 12.8 Å². The molecule has 0 saturated heterocycles. The highest BCUT2D eigenvalue weighted by Gasteiger charge is 2.34. The summed E-state index contributed by atoms with van der Waals surface area (Å²) >= 11 is 0. The maximum Gasteiger partial charge on any atom is 0.405 e. The minimum atomic E-state index is -4.33. The lowest BCUT2D eigenvalue weighted by atomic mass is 9.80. The standard InChI is InChI=1S/C7H11F3N2O.ClH/c8-7(9,10)3-12-6(13)4-1-5(11)2-4;/h4-5H,1-3,11H2,(H,12,13);1H. The topological polar surface area (TPSA) is 55.1 Å². The van der Waals surface area contributed by atoms with Gasteiger partial charge in [0.2, 0.25) is 5.91 Å². The fraction of sp³-hybridized carbons (Fsp3) is 0.857. The second-order valence-electron chi connectivity index (χ2n) is 3.26. The van der Waals surface area contributed by atoms with E-state index in [2.05, 4.69) is 0 Å². The molecule has 1 fully saturated rings. The second-order valence-corrected chi connectivity index (χ2v) is 3.26. The third-order valence-corrected chi connectivity index (χ3v) is 2.01. The minimum Gasteiger partial charge on any atom is -0.347 e. The zero-order chi connectivity index (χ0) is 10.1. The van der Waals surface area contributed by atoms with Crippen molar-refractivity contribution in [1.29, 1.82) is 0 Å². The summed E-state index contributed by atoms with van der Waals surface area (Å²) in [6.07, 6.45) is -3.35. The van der Waals surface area contributed by atoms with Crippen molar-refractivity contribution in [2.75, 3.05) is 6.54 Å². The van der Waals surface area contributed by atoms with E-state index in [-0.39, 0.29) is 24.4 Å². The minimum absolute atomic E-state index is 0. The number of nitrogens with one attached hydrogen (secondary N) is 1. The van der Waals surface area contributed by atoms with Crippen LogP contribution in [-0.2, 0) is 4.79 Å². The lowest BCUT2D eigenvalue weighted by Crippen LogP contribution is -2.46. The Morgan fingerprint density at radius 1 is 1.43 bits per heavy atom. The Morgan fingerprint density at radius 3 is 2.29 bits per heavy atom. The number of amides is 1.